The van der Waals surface area contributed by atoms with Crippen molar-refractivity contribution < 1.29 is 4.79 Å². The lowest BCUT2D eigenvalue weighted by atomic mass is 10.1. The van der Waals surface area contributed by atoms with Crippen molar-refractivity contribution in [3.63, 3.8) is 0 Å². The van der Waals surface area contributed by atoms with Crippen molar-refractivity contribution in [3.8, 4) is 0 Å². The molecule has 0 spiro atoms. The lowest BCUT2D eigenvalue weighted by molar-refractivity contribution is -0.114. The van der Waals surface area contributed by atoms with Crippen LogP contribution in [-0.4, -0.2) is 34.8 Å². The molecule has 1 aliphatic rings. The van der Waals surface area contributed by atoms with Gasteiger partial charge in [-0.25, -0.2) is 4.99 Å². The Morgan fingerprint density at radius 2 is 2.00 bits per heavy atom. The van der Waals surface area contributed by atoms with E-state index < -0.39 is 5.54 Å². The predicted octanol–water partition coefficient (Wildman–Crippen LogP) is 0.956. The molecule has 0 aliphatic carbocycles. The standard InChI is InChI=1S/C7H12N2OS/c1-7(2)5(10)11-6(8-7)9(3)4/h1-4H3. The normalized spacial score (nSPS) is 21.8. The average molecular weight is 172 g/mol. The summed E-state index contributed by atoms with van der Waals surface area (Å²) >= 11 is 1.22. The Labute approximate surface area is 70.9 Å². The molecule has 0 aromatic rings. The van der Waals surface area contributed by atoms with Gasteiger partial charge >= 0.3 is 0 Å². The fourth-order valence-electron chi connectivity index (χ4n) is 0.707. The maximum absolute atomic E-state index is 11.2. The van der Waals surface area contributed by atoms with Gasteiger partial charge in [0.05, 0.1) is 0 Å². The molecule has 0 amide bonds. The van der Waals surface area contributed by atoms with Crippen LogP contribution in [0, 0.1) is 0 Å². The summed E-state index contributed by atoms with van der Waals surface area (Å²) in [7, 11) is 3.78. The van der Waals surface area contributed by atoms with E-state index in [-0.39, 0.29) is 5.12 Å². The van der Waals surface area contributed by atoms with E-state index in [2.05, 4.69) is 4.99 Å². The molecule has 0 unspecified atom stereocenters. The molecule has 1 rings (SSSR count). The van der Waals surface area contributed by atoms with Crippen molar-refractivity contribution in [2.45, 2.75) is 19.4 Å². The van der Waals surface area contributed by atoms with Gasteiger partial charge in [0.15, 0.2) is 5.17 Å². The van der Waals surface area contributed by atoms with Gasteiger partial charge in [-0.3, -0.25) is 4.79 Å². The third kappa shape index (κ3) is 1.56. The molecular weight excluding hydrogens is 160 g/mol. The molecule has 0 aromatic carbocycles. The summed E-state index contributed by atoms with van der Waals surface area (Å²) in [5.41, 5.74) is -0.524. The van der Waals surface area contributed by atoms with E-state index >= 15 is 0 Å². The molecule has 0 bridgehead atoms. The molecule has 62 valence electrons. The van der Waals surface area contributed by atoms with Crippen LogP contribution in [0.1, 0.15) is 13.8 Å². The van der Waals surface area contributed by atoms with Crippen LogP contribution >= 0.6 is 11.8 Å². The molecule has 0 saturated carbocycles. The molecule has 1 heterocycles. The summed E-state index contributed by atoms with van der Waals surface area (Å²) in [6.07, 6.45) is 0. The highest BCUT2D eigenvalue weighted by Gasteiger charge is 2.35. The first kappa shape index (κ1) is 8.59. The molecule has 0 saturated heterocycles. The number of rotatable bonds is 0. The number of hydrogen-bond acceptors (Lipinski definition) is 4. The molecule has 0 fully saturated rings. The quantitative estimate of drug-likeness (QED) is 0.545. The zero-order chi connectivity index (χ0) is 8.65. The fourth-order valence-corrected chi connectivity index (χ4v) is 1.62. The second-order valence-corrected chi connectivity index (χ2v) is 4.18. The van der Waals surface area contributed by atoms with Gasteiger partial charge in [-0.05, 0) is 25.6 Å². The molecule has 0 aromatic heterocycles. The number of nitrogens with zero attached hydrogens (tertiary/aromatic N) is 2. The van der Waals surface area contributed by atoms with E-state index in [9.17, 15) is 4.79 Å². The van der Waals surface area contributed by atoms with Crippen LogP contribution in [0.4, 0.5) is 0 Å². The molecule has 4 heteroatoms. The summed E-state index contributed by atoms with van der Waals surface area (Å²) < 4.78 is 0. The molecule has 0 N–H and O–H groups in total. The minimum Gasteiger partial charge on any atom is -0.357 e. The summed E-state index contributed by atoms with van der Waals surface area (Å²) in [6, 6.07) is 0. The SMILES string of the molecule is CN(C)C1=NC(C)(C)C(=O)S1. The summed E-state index contributed by atoms with van der Waals surface area (Å²) in [6.45, 7) is 3.66. The van der Waals surface area contributed by atoms with E-state index in [0.29, 0.717) is 0 Å². The van der Waals surface area contributed by atoms with Gasteiger partial charge in [0, 0.05) is 14.1 Å². The number of amidine groups is 1. The van der Waals surface area contributed by atoms with E-state index in [1.807, 2.05) is 32.8 Å². The van der Waals surface area contributed by atoms with Gasteiger partial charge in [0.2, 0.25) is 5.12 Å². The van der Waals surface area contributed by atoms with Crippen molar-refractivity contribution in [3.05, 3.63) is 0 Å². The maximum atomic E-state index is 11.2. The number of aliphatic imine (C=N–C) groups is 1. The van der Waals surface area contributed by atoms with Crippen LogP contribution in [0.15, 0.2) is 4.99 Å². The van der Waals surface area contributed by atoms with Gasteiger partial charge < -0.3 is 4.90 Å². The van der Waals surface area contributed by atoms with Crippen LogP contribution < -0.4 is 0 Å². The second-order valence-electron chi connectivity index (χ2n) is 3.24. The predicted molar refractivity (Wildman–Crippen MR) is 47.8 cm³/mol. The smallest absolute Gasteiger partial charge is 0.223 e. The monoisotopic (exact) mass is 172 g/mol. The number of hydrogen-bond donors (Lipinski definition) is 0. The van der Waals surface area contributed by atoms with E-state index in [1.165, 1.54) is 11.8 Å². The van der Waals surface area contributed by atoms with Crippen molar-refractivity contribution in [2.24, 2.45) is 4.99 Å². The molecule has 1 aliphatic heterocycles. The van der Waals surface area contributed by atoms with E-state index in [1.54, 1.807) is 0 Å². The molecule has 0 radical (unpaired) electrons. The minimum absolute atomic E-state index is 0.126. The fraction of sp³-hybridized carbons (Fsp3) is 0.714. The third-order valence-electron chi connectivity index (χ3n) is 1.44. The zero-order valence-corrected chi connectivity index (χ0v) is 8.03. The van der Waals surface area contributed by atoms with Gasteiger partial charge in [-0.15, -0.1) is 0 Å². The number of carbonyl (C=O) groups is 1. The first-order valence-corrected chi connectivity index (χ1v) is 4.24. The summed E-state index contributed by atoms with van der Waals surface area (Å²) in [4.78, 5) is 17.3. The first-order valence-electron chi connectivity index (χ1n) is 3.43. The highest BCUT2D eigenvalue weighted by Crippen LogP contribution is 2.29. The topological polar surface area (TPSA) is 32.7 Å². The minimum atomic E-state index is -0.524. The lowest BCUT2D eigenvalue weighted by Crippen LogP contribution is -2.22. The van der Waals surface area contributed by atoms with Crippen LogP contribution in [0.3, 0.4) is 0 Å². The Morgan fingerprint density at radius 3 is 2.18 bits per heavy atom. The van der Waals surface area contributed by atoms with Crippen molar-refractivity contribution in [2.75, 3.05) is 14.1 Å². The number of thioether (sulfide) groups is 1. The van der Waals surface area contributed by atoms with Gasteiger partial charge in [-0.2, -0.15) is 0 Å². The van der Waals surface area contributed by atoms with Crippen LogP contribution in [-0.2, 0) is 4.79 Å². The number of carbonyl (C=O) groups excluding carboxylic acids is 1. The first-order chi connectivity index (χ1) is 4.93. The average Bonchev–Trinajstić information content (AvgIpc) is 2.08. The van der Waals surface area contributed by atoms with Crippen molar-refractivity contribution in [1.29, 1.82) is 0 Å². The summed E-state index contributed by atoms with van der Waals surface area (Å²) in [5.74, 6) is 0. The van der Waals surface area contributed by atoms with Gasteiger partial charge in [0.1, 0.15) is 5.54 Å². The Balaban J connectivity index is 2.84. The Morgan fingerprint density at radius 1 is 1.45 bits per heavy atom. The highest BCUT2D eigenvalue weighted by atomic mass is 32.2. The molecule has 0 atom stereocenters. The maximum Gasteiger partial charge on any atom is 0.223 e. The van der Waals surface area contributed by atoms with Crippen LogP contribution in [0.5, 0.6) is 0 Å². The van der Waals surface area contributed by atoms with E-state index in [4.69, 9.17) is 0 Å². The Hall–Kier alpha value is -0.510. The zero-order valence-electron chi connectivity index (χ0n) is 7.21. The van der Waals surface area contributed by atoms with Crippen LogP contribution in [0.25, 0.3) is 0 Å². The third-order valence-corrected chi connectivity index (χ3v) is 2.77. The molecule has 11 heavy (non-hydrogen) atoms. The molecular formula is C7H12N2OS. The lowest BCUT2D eigenvalue weighted by Gasteiger charge is -2.09. The van der Waals surface area contributed by atoms with Crippen molar-refractivity contribution in [1.82, 2.24) is 4.90 Å². The second kappa shape index (κ2) is 2.52. The van der Waals surface area contributed by atoms with Gasteiger partial charge in [0.25, 0.3) is 0 Å². The van der Waals surface area contributed by atoms with Crippen LogP contribution in [0.2, 0.25) is 0 Å². The van der Waals surface area contributed by atoms with Crippen molar-refractivity contribution >= 4 is 22.0 Å². The Kier molecular flexibility index (Phi) is 1.96. The Bertz CT molecular complexity index is 220. The largest absolute Gasteiger partial charge is 0.357 e. The molecule has 3 nitrogen and oxygen atoms in total. The van der Waals surface area contributed by atoms with E-state index in [0.717, 1.165) is 5.17 Å². The summed E-state index contributed by atoms with van der Waals surface area (Å²) in [5, 5.41) is 0.932. The van der Waals surface area contributed by atoms with Gasteiger partial charge in [-0.1, -0.05) is 0 Å². The highest BCUT2D eigenvalue weighted by molar-refractivity contribution is 8.26.